The van der Waals surface area contributed by atoms with E-state index in [9.17, 15) is 0 Å². The van der Waals surface area contributed by atoms with Gasteiger partial charge < -0.3 is 0 Å². The third-order valence-electron chi connectivity index (χ3n) is 9.45. The Morgan fingerprint density at radius 2 is 1.18 bits per heavy atom. The first-order valence-corrected chi connectivity index (χ1v) is 15.5. The summed E-state index contributed by atoms with van der Waals surface area (Å²) in [4.78, 5) is 10.8. The van der Waals surface area contributed by atoms with E-state index in [0.717, 1.165) is 43.3 Å². The van der Waals surface area contributed by atoms with Gasteiger partial charge >= 0.3 is 0 Å². The minimum atomic E-state index is 0.744. The van der Waals surface area contributed by atoms with Crippen LogP contribution in [-0.2, 0) is 9.78 Å². The van der Waals surface area contributed by atoms with Gasteiger partial charge in [-0.2, -0.15) is 0 Å². The molecule has 2 bridgehead atoms. The Labute approximate surface area is 208 Å². The van der Waals surface area contributed by atoms with Crippen LogP contribution in [0.15, 0.2) is 0 Å². The van der Waals surface area contributed by atoms with Crippen LogP contribution in [0.1, 0.15) is 138 Å². The van der Waals surface area contributed by atoms with E-state index < -0.39 is 0 Å². The van der Waals surface area contributed by atoms with Crippen LogP contribution < -0.4 is 0 Å². The predicted molar refractivity (Wildman–Crippen MR) is 143 cm³/mol. The molecule has 0 aliphatic heterocycles. The van der Waals surface area contributed by atoms with Gasteiger partial charge in [0.1, 0.15) is 0 Å². The maximum absolute atomic E-state index is 5.44. The predicted octanol–water partition coefficient (Wildman–Crippen LogP) is 9.86. The van der Waals surface area contributed by atoms with Crippen LogP contribution in [0.25, 0.3) is 0 Å². The van der Waals surface area contributed by atoms with Crippen LogP contribution in [0.3, 0.4) is 0 Å². The zero-order valence-corrected chi connectivity index (χ0v) is 23.5. The molecule has 5 aliphatic rings. The molecule has 5 fully saturated rings. The van der Waals surface area contributed by atoms with Crippen molar-refractivity contribution >= 4 is 0 Å². The van der Waals surface area contributed by atoms with E-state index in [4.69, 9.17) is 9.78 Å². The number of hydrogen-bond donors (Lipinski definition) is 0. The van der Waals surface area contributed by atoms with Crippen molar-refractivity contribution in [3.05, 3.63) is 0 Å². The fourth-order valence-corrected chi connectivity index (χ4v) is 7.57. The lowest BCUT2D eigenvalue weighted by Crippen LogP contribution is -2.23. The first kappa shape index (κ1) is 29.2. The van der Waals surface area contributed by atoms with Gasteiger partial charge in [0, 0.05) is 0 Å². The zero-order valence-electron chi connectivity index (χ0n) is 23.5. The molecular weight excluding hydrogens is 404 g/mol. The monoisotopic (exact) mass is 464 g/mol. The standard InChI is InChI=1S/C17H32O2.C10H16.2C2H6/c1-3-4-5-6-7-8-9-18-19-13-17-12-16-11-15(16)10-14(17)2;1-2-9-7-4-5-8(6-7)10(9)3-1;2*1-2/h14-17H,3-13H2,1-2H3;7-10H,1-6H2;2*1-2H3. The molecular formula is C31H60O2. The molecule has 5 saturated carbocycles. The normalized spacial score (nSPS) is 36.9. The molecule has 196 valence electrons. The Kier molecular flexibility index (Phi) is 14.6. The van der Waals surface area contributed by atoms with Crippen molar-refractivity contribution in [1.82, 2.24) is 0 Å². The van der Waals surface area contributed by atoms with Crippen molar-refractivity contribution in [2.24, 2.45) is 47.3 Å². The number of unbranched alkanes of at least 4 members (excludes halogenated alkanes) is 5. The minimum Gasteiger partial charge on any atom is -0.237 e. The molecule has 0 aromatic heterocycles. The third kappa shape index (κ3) is 9.14. The Morgan fingerprint density at radius 1 is 0.606 bits per heavy atom. The summed E-state index contributed by atoms with van der Waals surface area (Å²) >= 11 is 0. The molecule has 0 aromatic carbocycles. The van der Waals surface area contributed by atoms with E-state index in [2.05, 4.69) is 13.8 Å². The van der Waals surface area contributed by atoms with Crippen molar-refractivity contribution in [1.29, 1.82) is 0 Å². The molecule has 5 rings (SSSR count). The van der Waals surface area contributed by atoms with Crippen molar-refractivity contribution < 1.29 is 9.78 Å². The van der Waals surface area contributed by atoms with Gasteiger partial charge in [-0.25, -0.2) is 9.78 Å². The molecule has 2 nitrogen and oxygen atoms in total. The van der Waals surface area contributed by atoms with Gasteiger partial charge in [-0.15, -0.1) is 0 Å². The number of rotatable bonds is 10. The average Bonchev–Trinajstić information content (AvgIpc) is 3.22. The van der Waals surface area contributed by atoms with E-state index in [1.165, 1.54) is 75.0 Å². The van der Waals surface area contributed by atoms with Gasteiger partial charge in [0.15, 0.2) is 0 Å². The van der Waals surface area contributed by atoms with Crippen LogP contribution in [-0.4, -0.2) is 13.2 Å². The summed E-state index contributed by atoms with van der Waals surface area (Å²) in [6.07, 6.45) is 21.7. The maximum atomic E-state index is 5.44. The van der Waals surface area contributed by atoms with E-state index in [0.29, 0.717) is 0 Å². The topological polar surface area (TPSA) is 18.5 Å². The van der Waals surface area contributed by atoms with Gasteiger partial charge in [0.25, 0.3) is 0 Å². The third-order valence-corrected chi connectivity index (χ3v) is 9.45. The smallest absolute Gasteiger partial charge is 0.0853 e. The van der Waals surface area contributed by atoms with Gasteiger partial charge in [-0.05, 0) is 105 Å². The number of hydrogen-bond acceptors (Lipinski definition) is 2. The van der Waals surface area contributed by atoms with Gasteiger partial charge in [-0.3, -0.25) is 0 Å². The molecule has 5 aliphatic carbocycles. The van der Waals surface area contributed by atoms with Crippen molar-refractivity contribution in [3.8, 4) is 0 Å². The largest absolute Gasteiger partial charge is 0.237 e. The molecule has 0 N–H and O–H groups in total. The minimum absolute atomic E-state index is 0.744. The Balaban J connectivity index is 0.000000228. The van der Waals surface area contributed by atoms with Gasteiger partial charge in [0.2, 0.25) is 0 Å². The fourth-order valence-electron chi connectivity index (χ4n) is 7.57. The highest BCUT2D eigenvalue weighted by Crippen LogP contribution is 2.58. The summed E-state index contributed by atoms with van der Waals surface area (Å²) < 4.78 is 0. The van der Waals surface area contributed by atoms with Crippen LogP contribution in [0.4, 0.5) is 0 Å². The fraction of sp³-hybridized carbons (Fsp3) is 1.00. The van der Waals surface area contributed by atoms with E-state index in [1.807, 2.05) is 27.7 Å². The molecule has 2 heteroatoms. The molecule has 8 atom stereocenters. The van der Waals surface area contributed by atoms with Crippen molar-refractivity contribution in [3.63, 3.8) is 0 Å². The second kappa shape index (κ2) is 16.6. The summed E-state index contributed by atoms with van der Waals surface area (Å²) in [5, 5.41) is 0. The highest BCUT2D eigenvalue weighted by atomic mass is 17.2. The van der Waals surface area contributed by atoms with Crippen molar-refractivity contribution in [2.75, 3.05) is 13.2 Å². The summed E-state index contributed by atoms with van der Waals surface area (Å²) in [7, 11) is 0. The Morgan fingerprint density at radius 3 is 1.85 bits per heavy atom. The molecule has 0 saturated heterocycles. The molecule has 0 spiro atoms. The lowest BCUT2D eigenvalue weighted by molar-refractivity contribution is -0.304. The molecule has 0 amide bonds. The molecule has 8 unspecified atom stereocenters. The van der Waals surface area contributed by atoms with Crippen LogP contribution >= 0.6 is 0 Å². The second-order valence-electron chi connectivity index (χ2n) is 11.4. The highest BCUT2D eigenvalue weighted by Gasteiger charge is 2.49. The van der Waals surface area contributed by atoms with Crippen LogP contribution in [0.5, 0.6) is 0 Å². The van der Waals surface area contributed by atoms with Crippen molar-refractivity contribution in [2.45, 2.75) is 138 Å². The summed E-state index contributed by atoms with van der Waals surface area (Å²) in [6.45, 7) is 14.2. The quantitative estimate of drug-likeness (QED) is 0.182. The summed E-state index contributed by atoms with van der Waals surface area (Å²) in [5.41, 5.74) is 0. The first-order chi connectivity index (χ1) is 16.3. The summed E-state index contributed by atoms with van der Waals surface area (Å²) in [6, 6.07) is 0. The molecule has 0 radical (unpaired) electrons. The molecule has 0 heterocycles. The number of fused-ring (bicyclic) bond motifs is 6. The zero-order chi connectivity index (χ0) is 24.1. The first-order valence-electron chi connectivity index (χ1n) is 15.5. The second-order valence-corrected chi connectivity index (χ2v) is 11.4. The van der Waals surface area contributed by atoms with Gasteiger partial charge in [0.05, 0.1) is 13.2 Å². The SMILES string of the molecule is C1CC2C3CCC(C3)C2C1.CC.CC.CCCCCCCCOOCC1CC2CC2CC1C. The van der Waals surface area contributed by atoms with E-state index in [1.54, 1.807) is 38.5 Å². The maximum Gasteiger partial charge on any atom is 0.0853 e. The summed E-state index contributed by atoms with van der Waals surface area (Å²) in [5.74, 6) is 8.47. The lowest BCUT2D eigenvalue weighted by atomic mass is 9.81. The van der Waals surface area contributed by atoms with Crippen LogP contribution in [0, 0.1) is 47.3 Å². The average molecular weight is 465 g/mol. The van der Waals surface area contributed by atoms with Crippen LogP contribution in [0.2, 0.25) is 0 Å². The van der Waals surface area contributed by atoms with Gasteiger partial charge in [-0.1, -0.05) is 80.1 Å². The van der Waals surface area contributed by atoms with E-state index >= 15 is 0 Å². The Bertz CT molecular complexity index is 462. The lowest BCUT2D eigenvalue weighted by Gasteiger charge is -2.27. The Hall–Kier alpha value is -0.0800. The van der Waals surface area contributed by atoms with E-state index in [-0.39, 0.29) is 0 Å². The highest BCUT2D eigenvalue weighted by molar-refractivity contribution is 4.99. The molecule has 0 aromatic rings. The molecule has 33 heavy (non-hydrogen) atoms.